The number of ether oxygens (including phenoxy) is 3. The van der Waals surface area contributed by atoms with Crippen molar-refractivity contribution in [3.8, 4) is 0 Å². The molecule has 0 rings (SSSR count). The van der Waals surface area contributed by atoms with Gasteiger partial charge >= 0.3 is 17.9 Å². The molecule has 0 saturated carbocycles. The summed E-state index contributed by atoms with van der Waals surface area (Å²) in [5.41, 5.74) is 0. The third-order valence-electron chi connectivity index (χ3n) is 10.9. The number of allylic oxidation sites excluding steroid dienone is 6. The van der Waals surface area contributed by atoms with Crippen molar-refractivity contribution >= 4 is 17.9 Å². The first-order chi connectivity index (χ1) is 28.5. The molecule has 0 spiro atoms. The van der Waals surface area contributed by atoms with Gasteiger partial charge in [0, 0.05) is 19.3 Å². The molecule has 0 heterocycles. The summed E-state index contributed by atoms with van der Waals surface area (Å²) in [5, 5.41) is 0. The van der Waals surface area contributed by atoms with Crippen LogP contribution in [0.4, 0.5) is 0 Å². The number of carbonyl (C=O) groups is 3. The van der Waals surface area contributed by atoms with Crippen molar-refractivity contribution in [2.45, 2.75) is 264 Å². The van der Waals surface area contributed by atoms with E-state index in [9.17, 15) is 14.4 Å². The van der Waals surface area contributed by atoms with Gasteiger partial charge in [-0.2, -0.15) is 0 Å². The molecule has 0 aliphatic rings. The summed E-state index contributed by atoms with van der Waals surface area (Å²) < 4.78 is 16.7. The summed E-state index contributed by atoms with van der Waals surface area (Å²) in [7, 11) is 0. The summed E-state index contributed by atoms with van der Waals surface area (Å²) >= 11 is 0. The largest absolute Gasteiger partial charge is 0.462 e. The Kier molecular flexibility index (Phi) is 45.4. The fourth-order valence-electron chi connectivity index (χ4n) is 7.08. The Morgan fingerprint density at radius 2 is 0.655 bits per heavy atom. The van der Waals surface area contributed by atoms with Crippen LogP contribution in [0.1, 0.15) is 258 Å². The molecular weight excluding hydrogens is 721 g/mol. The lowest BCUT2D eigenvalue weighted by Gasteiger charge is -2.18. The molecular formula is C52H94O6. The standard InChI is InChI=1S/C52H94O6/c1-4-7-10-13-16-19-22-25-26-28-30-33-36-39-42-45-51(54)57-48-49(47-56-50(53)44-41-38-35-32-29-24-21-18-15-12-9-6-3)58-52(55)46-43-40-37-34-31-27-23-20-17-14-11-8-5-2/h18,21,27,31,37,40,49H,4-17,19-20,22-26,28-30,32-36,38-39,41-48H2,1-3H3/b21-18-,31-27-,40-37-. The van der Waals surface area contributed by atoms with Crippen molar-refractivity contribution in [3.05, 3.63) is 36.5 Å². The molecule has 6 heteroatoms. The van der Waals surface area contributed by atoms with Gasteiger partial charge in [-0.25, -0.2) is 0 Å². The van der Waals surface area contributed by atoms with Crippen molar-refractivity contribution in [1.82, 2.24) is 0 Å². The summed E-state index contributed by atoms with van der Waals surface area (Å²) in [6, 6.07) is 0. The second-order valence-electron chi connectivity index (χ2n) is 16.7. The van der Waals surface area contributed by atoms with Crippen molar-refractivity contribution in [2.24, 2.45) is 0 Å². The van der Waals surface area contributed by atoms with Gasteiger partial charge in [-0.15, -0.1) is 0 Å². The van der Waals surface area contributed by atoms with Gasteiger partial charge in [-0.3, -0.25) is 14.4 Å². The lowest BCUT2D eigenvalue weighted by Crippen LogP contribution is -2.30. The van der Waals surface area contributed by atoms with E-state index in [2.05, 4.69) is 51.2 Å². The van der Waals surface area contributed by atoms with Crippen LogP contribution < -0.4 is 0 Å². The molecule has 0 amide bonds. The monoisotopic (exact) mass is 815 g/mol. The van der Waals surface area contributed by atoms with Crippen LogP contribution in [0.25, 0.3) is 0 Å². The van der Waals surface area contributed by atoms with E-state index in [0.29, 0.717) is 19.3 Å². The molecule has 0 N–H and O–H groups in total. The number of rotatable bonds is 45. The highest BCUT2D eigenvalue weighted by molar-refractivity contribution is 5.71. The Morgan fingerprint density at radius 1 is 0.345 bits per heavy atom. The normalized spacial score (nSPS) is 12.3. The summed E-state index contributed by atoms with van der Waals surface area (Å²) in [5.74, 6) is -0.965. The summed E-state index contributed by atoms with van der Waals surface area (Å²) in [6.45, 7) is 6.56. The number of unbranched alkanes of at least 4 members (excludes halogenated alkanes) is 28. The predicted octanol–water partition coefficient (Wildman–Crippen LogP) is 16.1. The van der Waals surface area contributed by atoms with Gasteiger partial charge in [-0.1, -0.05) is 211 Å². The van der Waals surface area contributed by atoms with Crippen molar-refractivity contribution < 1.29 is 28.6 Å². The zero-order valence-electron chi connectivity index (χ0n) is 38.6. The van der Waals surface area contributed by atoms with Crippen molar-refractivity contribution in [3.63, 3.8) is 0 Å². The van der Waals surface area contributed by atoms with Gasteiger partial charge in [0.25, 0.3) is 0 Å². The molecule has 338 valence electrons. The first kappa shape index (κ1) is 55.6. The number of hydrogen-bond donors (Lipinski definition) is 0. The van der Waals surface area contributed by atoms with E-state index in [1.165, 1.54) is 154 Å². The quantitative estimate of drug-likeness (QED) is 0.0264. The summed E-state index contributed by atoms with van der Waals surface area (Å²) in [4.78, 5) is 37.8. The van der Waals surface area contributed by atoms with Crippen LogP contribution in [-0.4, -0.2) is 37.2 Å². The third-order valence-corrected chi connectivity index (χ3v) is 10.9. The lowest BCUT2D eigenvalue weighted by atomic mass is 10.0. The highest BCUT2D eigenvalue weighted by Gasteiger charge is 2.19. The molecule has 0 aromatic carbocycles. The SMILES string of the molecule is CCCCC/C=C\CCCCCCCC(=O)OCC(COC(=O)CCCCCCCCCCCCCCCCC)OC(=O)CC/C=C\C/C=C\CCCCCCCC. The molecule has 1 atom stereocenters. The Balaban J connectivity index is 4.41. The van der Waals surface area contributed by atoms with Crippen LogP contribution in [0.3, 0.4) is 0 Å². The maximum atomic E-state index is 12.7. The van der Waals surface area contributed by atoms with E-state index in [1.807, 2.05) is 6.08 Å². The van der Waals surface area contributed by atoms with E-state index in [4.69, 9.17) is 14.2 Å². The minimum atomic E-state index is -0.801. The molecule has 0 aromatic rings. The topological polar surface area (TPSA) is 78.9 Å². The molecule has 0 aliphatic heterocycles. The van der Waals surface area contributed by atoms with E-state index in [0.717, 1.165) is 57.8 Å². The number of carbonyl (C=O) groups excluding carboxylic acids is 3. The molecule has 0 fully saturated rings. The first-order valence-electron chi connectivity index (χ1n) is 25.0. The molecule has 0 aliphatic carbocycles. The summed E-state index contributed by atoms with van der Waals surface area (Å²) in [6.07, 6.45) is 54.2. The van der Waals surface area contributed by atoms with Gasteiger partial charge < -0.3 is 14.2 Å². The maximum absolute atomic E-state index is 12.7. The molecule has 1 unspecified atom stereocenters. The predicted molar refractivity (Wildman–Crippen MR) is 247 cm³/mol. The lowest BCUT2D eigenvalue weighted by molar-refractivity contribution is -0.166. The van der Waals surface area contributed by atoms with Gasteiger partial charge in [0.15, 0.2) is 6.10 Å². The van der Waals surface area contributed by atoms with E-state index < -0.39 is 6.10 Å². The van der Waals surface area contributed by atoms with E-state index >= 15 is 0 Å². The zero-order chi connectivity index (χ0) is 42.3. The van der Waals surface area contributed by atoms with Gasteiger partial charge in [0.2, 0.25) is 0 Å². The van der Waals surface area contributed by atoms with E-state index in [1.54, 1.807) is 0 Å². The van der Waals surface area contributed by atoms with Gasteiger partial charge in [-0.05, 0) is 64.2 Å². The molecule has 0 aromatic heterocycles. The smallest absolute Gasteiger partial charge is 0.306 e. The average Bonchev–Trinajstić information content (AvgIpc) is 3.22. The van der Waals surface area contributed by atoms with Crippen LogP contribution in [0.5, 0.6) is 0 Å². The first-order valence-corrected chi connectivity index (χ1v) is 25.0. The third kappa shape index (κ3) is 44.7. The molecule has 0 radical (unpaired) electrons. The Morgan fingerprint density at radius 3 is 1.07 bits per heavy atom. The van der Waals surface area contributed by atoms with Crippen LogP contribution in [0.15, 0.2) is 36.5 Å². The van der Waals surface area contributed by atoms with Crippen LogP contribution in [-0.2, 0) is 28.6 Å². The molecule has 0 bridgehead atoms. The Bertz CT molecular complexity index is 984. The molecule has 6 nitrogen and oxygen atoms in total. The Labute approximate surface area is 359 Å². The van der Waals surface area contributed by atoms with Crippen molar-refractivity contribution in [2.75, 3.05) is 13.2 Å². The molecule has 0 saturated heterocycles. The molecule has 58 heavy (non-hydrogen) atoms. The fourth-order valence-corrected chi connectivity index (χ4v) is 7.08. The minimum absolute atomic E-state index is 0.0944. The minimum Gasteiger partial charge on any atom is -0.462 e. The van der Waals surface area contributed by atoms with Crippen LogP contribution >= 0.6 is 0 Å². The highest BCUT2D eigenvalue weighted by atomic mass is 16.6. The second-order valence-corrected chi connectivity index (χ2v) is 16.7. The van der Waals surface area contributed by atoms with Crippen LogP contribution in [0, 0.1) is 0 Å². The maximum Gasteiger partial charge on any atom is 0.306 e. The van der Waals surface area contributed by atoms with E-state index in [-0.39, 0.29) is 37.5 Å². The Hall–Kier alpha value is -2.37. The average molecular weight is 815 g/mol. The second kappa shape index (κ2) is 47.3. The van der Waals surface area contributed by atoms with Crippen LogP contribution in [0.2, 0.25) is 0 Å². The van der Waals surface area contributed by atoms with Gasteiger partial charge in [0.1, 0.15) is 13.2 Å². The zero-order valence-corrected chi connectivity index (χ0v) is 38.6. The number of esters is 3. The number of hydrogen-bond acceptors (Lipinski definition) is 6. The van der Waals surface area contributed by atoms with Gasteiger partial charge in [0.05, 0.1) is 0 Å². The fraction of sp³-hybridized carbons (Fsp3) is 0.827. The highest BCUT2D eigenvalue weighted by Crippen LogP contribution is 2.15. The van der Waals surface area contributed by atoms with Crippen molar-refractivity contribution in [1.29, 1.82) is 0 Å².